The molecule has 100 valence electrons. The van der Waals surface area contributed by atoms with Gasteiger partial charge in [0.05, 0.1) is 11.6 Å². The minimum Gasteiger partial charge on any atom is -0.483 e. The topological polar surface area (TPSA) is 31.2 Å². The maximum Gasteiger partial charge on any atom is 0.223 e. The number of ether oxygens (including phenoxy) is 1. The maximum atomic E-state index is 12.0. The summed E-state index contributed by atoms with van der Waals surface area (Å²) >= 11 is 5.92. The molecule has 1 heterocycles. The molecular weight excluding hydrogens is 262 g/mol. The van der Waals surface area contributed by atoms with Crippen molar-refractivity contribution in [2.45, 2.75) is 19.4 Å². The Morgan fingerprint density at radius 3 is 2.58 bits per heavy atom. The minimum absolute atomic E-state index is 0.123. The van der Waals surface area contributed by atoms with Crippen molar-refractivity contribution in [3.63, 3.8) is 0 Å². The van der Waals surface area contributed by atoms with Gasteiger partial charge in [0.2, 0.25) is 5.43 Å². The molecule has 19 heavy (non-hydrogen) atoms. The first-order chi connectivity index (χ1) is 9.13. The molecule has 0 spiro atoms. The van der Waals surface area contributed by atoms with Crippen LogP contribution in [-0.4, -0.2) is 4.57 Å². The standard InChI is InChI=1S/C15H16ClNO2/c1-11-8-14(18)15(13(9-16)17(11)2)19-10-12-6-4-3-5-7-12/h3-8H,9-10H2,1-2H3. The van der Waals surface area contributed by atoms with Crippen molar-refractivity contribution in [3.05, 3.63) is 63.6 Å². The first-order valence-electron chi connectivity index (χ1n) is 6.05. The summed E-state index contributed by atoms with van der Waals surface area (Å²) in [5.74, 6) is 0.587. The highest BCUT2D eigenvalue weighted by atomic mass is 35.5. The van der Waals surface area contributed by atoms with Crippen LogP contribution < -0.4 is 10.2 Å². The van der Waals surface area contributed by atoms with Crippen LogP contribution >= 0.6 is 11.6 Å². The van der Waals surface area contributed by atoms with Gasteiger partial charge in [-0.1, -0.05) is 30.3 Å². The van der Waals surface area contributed by atoms with E-state index in [0.717, 1.165) is 11.3 Å². The number of alkyl halides is 1. The van der Waals surface area contributed by atoms with Crippen LogP contribution in [0.25, 0.3) is 0 Å². The third kappa shape index (κ3) is 2.99. The smallest absolute Gasteiger partial charge is 0.223 e. The lowest BCUT2D eigenvalue weighted by Gasteiger charge is -2.15. The van der Waals surface area contributed by atoms with Gasteiger partial charge in [0, 0.05) is 18.8 Å². The predicted octanol–water partition coefficient (Wildman–Crippen LogP) is 3.01. The van der Waals surface area contributed by atoms with Crippen LogP contribution in [-0.2, 0) is 19.5 Å². The summed E-state index contributed by atoms with van der Waals surface area (Å²) < 4.78 is 7.55. The summed E-state index contributed by atoms with van der Waals surface area (Å²) in [6.45, 7) is 2.24. The lowest BCUT2D eigenvalue weighted by Crippen LogP contribution is -2.17. The average Bonchev–Trinajstić information content (AvgIpc) is 2.42. The van der Waals surface area contributed by atoms with Crippen molar-refractivity contribution in [2.75, 3.05) is 0 Å². The highest BCUT2D eigenvalue weighted by Gasteiger charge is 2.12. The van der Waals surface area contributed by atoms with Gasteiger partial charge in [-0.3, -0.25) is 4.79 Å². The predicted molar refractivity (Wildman–Crippen MR) is 76.8 cm³/mol. The zero-order valence-electron chi connectivity index (χ0n) is 11.0. The molecule has 0 saturated carbocycles. The average molecular weight is 278 g/mol. The number of pyridine rings is 1. The molecule has 1 aromatic carbocycles. The molecule has 2 aromatic rings. The number of halogens is 1. The maximum absolute atomic E-state index is 12.0. The van der Waals surface area contributed by atoms with Gasteiger partial charge in [-0.2, -0.15) is 0 Å². The Kier molecular flexibility index (Phi) is 4.27. The van der Waals surface area contributed by atoms with Crippen molar-refractivity contribution >= 4 is 11.6 Å². The second-order valence-corrected chi connectivity index (χ2v) is 4.66. The summed E-state index contributed by atoms with van der Waals surface area (Å²) in [7, 11) is 1.88. The van der Waals surface area contributed by atoms with E-state index in [1.807, 2.05) is 48.9 Å². The fourth-order valence-corrected chi connectivity index (χ4v) is 2.19. The molecule has 0 atom stereocenters. The number of aromatic nitrogens is 1. The van der Waals surface area contributed by atoms with Crippen molar-refractivity contribution in [2.24, 2.45) is 7.05 Å². The lowest BCUT2D eigenvalue weighted by atomic mass is 10.2. The third-order valence-corrected chi connectivity index (χ3v) is 3.37. The van der Waals surface area contributed by atoms with E-state index in [1.165, 1.54) is 0 Å². The summed E-state index contributed by atoms with van der Waals surface area (Å²) in [5, 5.41) is 0. The van der Waals surface area contributed by atoms with Gasteiger partial charge in [0.15, 0.2) is 5.75 Å². The summed E-state index contributed by atoms with van der Waals surface area (Å²) in [6, 6.07) is 11.3. The van der Waals surface area contributed by atoms with Crippen LogP contribution in [0.5, 0.6) is 5.75 Å². The molecule has 2 rings (SSSR count). The molecule has 4 heteroatoms. The van der Waals surface area contributed by atoms with Crippen molar-refractivity contribution in [1.29, 1.82) is 0 Å². The first kappa shape index (κ1) is 13.7. The first-order valence-corrected chi connectivity index (χ1v) is 6.59. The quantitative estimate of drug-likeness (QED) is 0.805. The molecule has 0 saturated heterocycles. The third-order valence-electron chi connectivity index (χ3n) is 3.11. The molecule has 1 aromatic heterocycles. The van der Waals surface area contributed by atoms with E-state index in [-0.39, 0.29) is 11.3 Å². The van der Waals surface area contributed by atoms with Gasteiger partial charge in [0.1, 0.15) is 6.61 Å². The van der Waals surface area contributed by atoms with E-state index in [4.69, 9.17) is 16.3 Å². The van der Waals surface area contributed by atoms with Gasteiger partial charge in [-0.05, 0) is 12.5 Å². The number of benzene rings is 1. The van der Waals surface area contributed by atoms with Crippen LogP contribution in [0.3, 0.4) is 0 Å². The normalized spacial score (nSPS) is 10.5. The Balaban J connectivity index is 2.30. The van der Waals surface area contributed by atoms with Gasteiger partial charge in [0.25, 0.3) is 0 Å². The second-order valence-electron chi connectivity index (χ2n) is 4.39. The molecule has 0 aliphatic heterocycles. The minimum atomic E-state index is -0.123. The van der Waals surface area contributed by atoms with E-state index in [0.29, 0.717) is 18.1 Å². The molecule has 0 aliphatic rings. The zero-order valence-corrected chi connectivity index (χ0v) is 11.8. The van der Waals surface area contributed by atoms with Crippen LogP contribution in [0.1, 0.15) is 17.0 Å². The molecular formula is C15H16ClNO2. The Morgan fingerprint density at radius 2 is 1.95 bits per heavy atom. The molecule has 0 radical (unpaired) electrons. The van der Waals surface area contributed by atoms with E-state index in [1.54, 1.807) is 6.07 Å². The molecule has 0 amide bonds. The Bertz CT molecular complexity index is 620. The highest BCUT2D eigenvalue weighted by molar-refractivity contribution is 6.17. The van der Waals surface area contributed by atoms with Crippen molar-refractivity contribution in [3.8, 4) is 5.75 Å². The zero-order chi connectivity index (χ0) is 13.8. The Labute approximate surface area is 117 Å². The van der Waals surface area contributed by atoms with Crippen LogP contribution in [0.15, 0.2) is 41.2 Å². The Hall–Kier alpha value is -1.74. The number of rotatable bonds is 4. The fourth-order valence-electron chi connectivity index (χ4n) is 1.89. The van der Waals surface area contributed by atoms with Gasteiger partial charge in [-0.25, -0.2) is 0 Å². The molecule has 0 unspecified atom stereocenters. The monoisotopic (exact) mass is 277 g/mol. The molecule has 0 N–H and O–H groups in total. The molecule has 0 bridgehead atoms. The second kappa shape index (κ2) is 5.93. The summed E-state index contributed by atoms with van der Waals surface area (Å²) in [5.41, 5.74) is 2.48. The van der Waals surface area contributed by atoms with E-state index >= 15 is 0 Å². The van der Waals surface area contributed by atoms with E-state index in [9.17, 15) is 4.79 Å². The molecule has 0 aliphatic carbocycles. The molecule has 3 nitrogen and oxygen atoms in total. The van der Waals surface area contributed by atoms with Gasteiger partial charge < -0.3 is 9.30 Å². The van der Waals surface area contributed by atoms with E-state index in [2.05, 4.69) is 0 Å². The van der Waals surface area contributed by atoms with Crippen LogP contribution in [0.4, 0.5) is 0 Å². The van der Waals surface area contributed by atoms with Crippen molar-refractivity contribution < 1.29 is 4.74 Å². The lowest BCUT2D eigenvalue weighted by molar-refractivity contribution is 0.297. The number of aryl methyl sites for hydroxylation is 1. The van der Waals surface area contributed by atoms with Gasteiger partial charge in [-0.15, -0.1) is 11.6 Å². The SMILES string of the molecule is Cc1cc(=O)c(OCc2ccccc2)c(CCl)n1C. The largest absolute Gasteiger partial charge is 0.483 e. The number of nitrogens with zero attached hydrogens (tertiary/aromatic N) is 1. The number of hydrogen-bond donors (Lipinski definition) is 0. The summed E-state index contributed by atoms with van der Waals surface area (Å²) in [4.78, 5) is 12.0. The highest BCUT2D eigenvalue weighted by Crippen LogP contribution is 2.18. The Morgan fingerprint density at radius 1 is 1.26 bits per heavy atom. The summed E-state index contributed by atoms with van der Waals surface area (Å²) in [6.07, 6.45) is 0. The number of hydrogen-bond acceptors (Lipinski definition) is 2. The van der Waals surface area contributed by atoms with Crippen molar-refractivity contribution in [1.82, 2.24) is 4.57 Å². The van der Waals surface area contributed by atoms with Crippen LogP contribution in [0, 0.1) is 6.92 Å². The van der Waals surface area contributed by atoms with Gasteiger partial charge >= 0.3 is 0 Å². The van der Waals surface area contributed by atoms with Crippen LogP contribution in [0.2, 0.25) is 0 Å². The molecule has 0 fully saturated rings. The van der Waals surface area contributed by atoms with E-state index < -0.39 is 0 Å². The fraction of sp³-hybridized carbons (Fsp3) is 0.267.